The average Bonchev–Trinajstić information content (AvgIpc) is 2.88. The standard InChI is InChI=1S/C15H11NO/c1-16-12-8-4-2-6-10(12)14-11-7-3-5-9-13(11)17-15(14)16/h2-9H,1H3. The molecule has 4 rings (SSSR count). The Kier molecular flexibility index (Phi) is 1.52. The Morgan fingerprint density at radius 2 is 1.59 bits per heavy atom. The number of nitrogens with zero attached hydrogens (tertiary/aromatic N) is 1. The third-order valence-corrected chi connectivity index (χ3v) is 3.42. The molecule has 0 radical (unpaired) electrons. The lowest BCUT2D eigenvalue weighted by molar-refractivity contribution is 0.634. The molecule has 0 aliphatic rings. The number of aromatic nitrogens is 1. The molecular formula is C15H11NO. The smallest absolute Gasteiger partial charge is 0.208 e. The zero-order valence-corrected chi connectivity index (χ0v) is 9.47. The van der Waals surface area contributed by atoms with Gasteiger partial charge in [0, 0.05) is 17.8 Å². The second kappa shape index (κ2) is 2.92. The summed E-state index contributed by atoms with van der Waals surface area (Å²) in [6.07, 6.45) is 0. The average molecular weight is 221 g/mol. The van der Waals surface area contributed by atoms with Crippen LogP contribution in [0.4, 0.5) is 0 Å². The molecule has 0 atom stereocenters. The molecule has 0 saturated heterocycles. The molecule has 0 unspecified atom stereocenters. The number of hydrogen-bond donors (Lipinski definition) is 0. The molecule has 0 aliphatic heterocycles. The van der Waals surface area contributed by atoms with Gasteiger partial charge in [-0.05, 0) is 12.1 Å². The normalized spacial score (nSPS) is 11.8. The molecule has 0 amide bonds. The molecule has 2 heterocycles. The summed E-state index contributed by atoms with van der Waals surface area (Å²) in [7, 11) is 2.05. The summed E-state index contributed by atoms with van der Waals surface area (Å²) < 4.78 is 8.05. The van der Waals surface area contributed by atoms with Crippen LogP contribution in [0.3, 0.4) is 0 Å². The van der Waals surface area contributed by atoms with E-state index >= 15 is 0 Å². The van der Waals surface area contributed by atoms with Crippen molar-refractivity contribution in [1.82, 2.24) is 4.57 Å². The molecule has 0 aliphatic carbocycles. The minimum Gasteiger partial charge on any atom is -0.439 e. The van der Waals surface area contributed by atoms with Crippen molar-refractivity contribution >= 4 is 33.0 Å². The molecule has 0 spiro atoms. The van der Waals surface area contributed by atoms with Gasteiger partial charge in [0.1, 0.15) is 5.58 Å². The second-order valence-electron chi connectivity index (χ2n) is 4.35. The van der Waals surface area contributed by atoms with Gasteiger partial charge in [-0.15, -0.1) is 0 Å². The zero-order valence-electron chi connectivity index (χ0n) is 9.47. The Morgan fingerprint density at radius 1 is 0.882 bits per heavy atom. The first-order valence-electron chi connectivity index (χ1n) is 5.71. The predicted octanol–water partition coefficient (Wildman–Crippen LogP) is 4.08. The van der Waals surface area contributed by atoms with Gasteiger partial charge in [-0.2, -0.15) is 0 Å². The number of benzene rings is 2. The van der Waals surface area contributed by atoms with Gasteiger partial charge in [0.05, 0.1) is 10.9 Å². The van der Waals surface area contributed by atoms with E-state index in [4.69, 9.17) is 4.42 Å². The van der Waals surface area contributed by atoms with Gasteiger partial charge in [0.2, 0.25) is 5.71 Å². The van der Waals surface area contributed by atoms with Crippen LogP contribution in [0.25, 0.3) is 33.0 Å². The van der Waals surface area contributed by atoms with Crippen LogP contribution in [0.15, 0.2) is 52.9 Å². The first-order valence-corrected chi connectivity index (χ1v) is 5.71. The first kappa shape index (κ1) is 8.88. The second-order valence-corrected chi connectivity index (χ2v) is 4.35. The number of furan rings is 1. The highest BCUT2D eigenvalue weighted by molar-refractivity contribution is 6.19. The van der Waals surface area contributed by atoms with E-state index in [1.807, 2.05) is 19.2 Å². The van der Waals surface area contributed by atoms with Crippen molar-refractivity contribution in [3.8, 4) is 0 Å². The topological polar surface area (TPSA) is 18.1 Å². The maximum Gasteiger partial charge on any atom is 0.208 e. The van der Waals surface area contributed by atoms with Crippen molar-refractivity contribution < 1.29 is 4.42 Å². The molecule has 2 aromatic carbocycles. The van der Waals surface area contributed by atoms with Gasteiger partial charge >= 0.3 is 0 Å². The van der Waals surface area contributed by atoms with E-state index in [9.17, 15) is 0 Å². The number of hydrogen-bond acceptors (Lipinski definition) is 1. The quantitative estimate of drug-likeness (QED) is 0.437. The van der Waals surface area contributed by atoms with Crippen LogP contribution in [0.2, 0.25) is 0 Å². The molecule has 2 nitrogen and oxygen atoms in total. The van der Waals surface area contributed by atoms with Crippen molar-refractivity contribution in [2.45, 2.75) is 0 Å². The Hall–Kier alpha value is -2.22. The largest absolute Gasteiger partial charge is 0.439 e. The molecule has 2 aromatic heterocycles. The van der Waals surface area contributed by atoms with E-state index in [-0.39, 0.29) is 0 Å². The van der Waals surface area contributed by atoms with Crippen molar-refractivity contribution in [3.63, 3.8) is 0 Å². The summed E-state index contributed by atoms with van der Waals surface area (Å²) in [6.45, 7) is 0. The van der Waals surface area contributed by atoms with E-state index in [0.717, 1.165) is 11.3 Å². The van der Waals surface area contributed by atoms with Crippen molar-refractivity contribution in [2.75, 3.05) is 0 Å². The van der Waals surface area contributed by atoms with Crippen LogP contribution in [0.5, 0.6) is 0 Å². The molecule has 2 heteroatoms. The van der Waals surface area contributed by atoms with E-state index in [1.54, 1.807) is 0 Å². The lowest BCUT2D eigenvalue weighted by Crippen LogP contribution is -1.84. The first-order chi connectivity index (χ1) is 8.36. The SMILES string of the molecule is Cn1c2ccccc2c2c3ccccc3oc21. The van der Waals surface area contributed by atoms with Crippen LogP contribution < -0.4 is 0 Å². The highest BCUT2D eigenvalue weighted by Crippen LogP contribution is 2.35. The number of fused-ring (bicyclic) bond motifs is 5. The minimum absolute atomic E-state index is 0.951. The molecule has 4 aromatic rings. The lowest BCUT2D eigenvalue weighted by Gasteiger charge is -1.95. The monoisotopic (exact) mass is 221 g/mol. The van der Waals surface area contributed by atoms with Gasteiger partial charge in [-0.3, -0.25) is 0 Å². The van der Waals surface area contributed by atoms with E-state index in [2.05, 4.69) is 41.0 Å². The predicted molar refractivity (Wildman–Crippen MR) is 70.2 cm³/mol. The van der Waals surface area contributed by atoms with E-state index < -0.39 is 0 Å². The van der Waals surface area contributed by atoms with Crippen molar-refractivity contribution in [2.24, 2.45) is 7.05 Å². The fourth-order valence-corrected chi connectivity index (χ4v) is 2.62. The van der Waals surface area contributed by atoms with Crippen molar-refractivity contribution in [1.29, 1.82) is 0 Å². The molecular weight excluding hydrogens is 210 g/mol. The summed E-state index contributed by atoms with van der Waals surface area (Å²) in [5, 5.41) is 3.67. The number of aryl methyl sites for hydroxylation is 1. The summed E-state index contributed by atoms with van der Waals surface area (Å²) in [5.41, 5.74) is 3.12. The van der Waals surface area contributed by atoms with Crippen LogP contribution in [-0.2, 0) is 7.05 Å². The van der Waals surface area contributed by atoms with Gasteiger partial charge in [-0.25, -0.2) is 0 Å². The summed E-state index contributed by atoms with van der Waals surface area (Å²) in [4.78, 5) is 0. The molecule has 0 saturated carbocycles. The molecule has 0 bridgehead atoms. The third-order valence-electron chi connectivity index (χ3n) is 3.42. The van der Waals surface area contributed by atoms with Gasteiger partial charge in [0.15, 0.2) is 0 Å². The zero-order chi connectivity index (χ0) is 11.4. The van der Waals surface area contributed by atoms with Gasteiger partial charge < -0.3 is 8.98 Å². The molecule has 0 fully saturated rings. The number of para-hydroxylation sites is 2. The molecule has 17 heavy (non-hydrogen) atoms. The molecule has 82 valence electrons. The highest BCUT2D eigenvalue weighted by Gasteiger charge is 2.14. The van der Waals surface area contributed by atoms with Crippen LogP contribution in [0.1, 0.15) is 0 Å². The van der Waals surface area contributed by atoms with Crippen molar-refractivity contribution in [3.05, 3.63) is 48.5 Å². The van der Waals surface area contributed by atoms with Crippen LogP contribution >= 0.6 is 0 Å². The fourth-order valence-electron chi connectivity index (χ4n) is 2.62. The maximum absolute atomic E-state index is 5.93. The summed E-state index contributed by atoms with van der Waals surface area (Å²) in [6, 6.07) is 16.6. The Balaban J connectivity index is 2.41. The minimum atomic E-state index is 0.951. The summed E-state index contributed by atoms with van der Waals surface area (Å²) >= 11 is 0. The van der Waals surface area contributed by atoms with Crippen LogP contribution in [-0.4, -0.2) is 4.57 Å². The van der Waals surface area contributed by atoms with Gasteiger partial charge in [-0.1, -0.05) is 36.4 Å². The molecule has 0 N–H and O–H groups in total. The number of rotatable bonds is 0. The highest BCUT2D eigenvalue weighted by atomic mass is 16.3. The Labute approximate surface area is 98.1 Å². The van der Waals surface area contributed by atoms with E-state index in [0.29, 0.717) is 0 Å². The van der Waals surface area contributed by atoms with Gasteiger partial charge in [0.25, 0.3) is 0 Å². The Bertz CT molecular complexity index is 851. The van der Waals surface area contributed by atoms with Crippen LogP contribution in [0, 0.1) is 0 Å². The van der Waals surface area contributed by atoms with E-state index in [1.165, 1.54) is 21.7 Å². The maximum atomic E-state index is 5.93. The lowest BCUT2D eigenvalue weighted by atomic mass is 10.1. The Morgan fingerprint density at radius 3 is 2.47 bits per heavy atom. The summed E-state index contributed by atoms with van der Waals surface area (Å²) in [5.74, 6) is 0. The third kappa shape index (κ3) is 0.998. The fraction of sp³-hybridized carbons (Fsp3) is 0.0667.